The summed E-state index contributed by atoms with van der Waals surface area (Å²) in [6.45, 7) is 0.866. The Kier molecular flexibility index (Phi) is 13.3. The molecule has 1 fully saturated rings. The highest BCUT2D eigenvalue weighted by Gasteiger charge is 2.43. The van der Waals surface area contributed by atoms with Crippen molar-refractivity contribution in [2.45, 2.75) is 73.7 Å². The number of carbonyl (C=O) groups is 4. The van der Waals surface area contributed by atoms with E-state index in [1.54, 1.807) is 24.3 Å². The molecular formula is C35H42ClN5O9S. The first-order valence-corrected chi connectivity index (χ1v) is 18.3. The van der Waals surface area contributed by atoms with Gasteiger partial charge in [-0.25, -0.2) is 18.4 Å². The third-order valence-electron chi connectivity index (χ3n) is 8.84. The van der Waals surface area contributed by atoms with E-state index in [-0.39, 0.29) is 21.4 Å². The number of amides is 2. The number of hydrogen-bond donors (Lipinski definition) is 7. The van der Waals surface area contributed by atoms with Crippen LogP contribution in [0.15, 0.2) is 77.7 Å². The van der Waals surface area contributed by atoms with E-state index in [1.807, 2.05) is 30.3 Å². The topological polar surface area (TPSA) is 242 Å². The lowest BCUT2D eigenvalue weighted by Gasteiger charge is -2.29. The summed E-state index contributed by atoms with van der Waals surface area (Å²) in [5, 5.41) is 40.4. The number of carboxylic acids is 2. The fourth-order valence-corrected chi connectivity index (χ4v) is 7.28. The van der Waals surface area contributed by atoms with E-state index in [1.165, 1.54) is 17.0 Å². The third-order valence-corrected chi connectivity index (χ3v) is 10.2. The second-order valence-corrected chi connectivity index (χ2v) is 14.3. The maximum atomic E-state index is 13.1. The molecule has 14 nitrogen and oxygen atoms in total. The fraction of sp³-hybridized carbons (Fsp3) is 0.371. The minimum Gasteiger partial charge on any atom is -0.480 e. The van der Waals surface area contributed by atoms with Crippen molar-refractivity contribution < 1.29 is 42.9 Å². The van der Waals surface area contributed by atoms with Crippen LogP contribution in [0.5, 0.6) is 0 Å². The number of primary sulfonamides is 1. The number of nitrogens with one attached hydrogen (secondary N) is 2. The van der Waals surface area contributed by atoms with Crippen molar-refractivity contribution in [2.24, 2.45) is 10.9 Å². The number of nitrogens with zero attached hydrogens (tertiary/aromatic N) is 1. The Morgan fingerprint density at radius 1 is 1.00 bits per heavy atom. The summed E-state index contributed by atoms with van der Waals surface area (Å²) in [5.41, 5.74) is 5.54. The van der Waals surface area contributed by atoms with E-state index in [2.05, 4.69) is 10.6 Å². The van der Waals surface area contributed by atoms with Gasteiger partial charge in [0.15, 0.2) is 5.72 Å². The molecule has 4 atom stereocenters. The van der Waals surface area contributed by atoms with Crippen LogP contribution in [0.1, 0.15) is 65.6 Å². The Balaban J connectivity index is 0.000000237. The van der Waals surface area contributed by atoms with Crippen LogP contribution in [0.3, 0.4) is 0 Å². The van der Waals surface area contributed by atoms with Gasteiger partial charge in [-0.1, -0.05) is 72.6 Å². The molecule has 0 radical (unpaired) electrons. The Hall–Kier alpha value is -4.38. The number of carbonyl (C=O) groups excluding carboxylic acids is 2. The van der Waals surface area contributed by atoms with E-state index in [0.717, 1.165) is 18.1 Å². The number of sulfonamides is 1. The van der Waals surface area contributed by atoms with Gasteiger partial charge in [0.2, 0.25) is 15.9 Å². The number of fused-ring (bicyclic) bond motifs is 1. The molecule has 1 saturated heterocycles. The minimum atomic E-state index is -4.06. The highest BCUT2D eigenvalue weighted by Crippen LogP contribution is 2.36. The fourth-order valence-electron chi connectivity index (χ4n) is 6.20. The van der Waals surface area contributed by atoms with Crippen molar-refractivity contribution in [3.05, 3.63) is 100 Å². The van der Waals surface area contributed by atoms with Gasteiger partial charge in [-0.3, -0.25) is 19.7 Å². The molecule has 2 aliphatic heterocycles. The summed E-state index contributed by atoms with van der Waals surface area (Å²) in [5.74, 6) is -2.83. The molecule has 9 N–H and O–H groups in total. The summed E-state index contributed by atoms with van der Waals surface area (Å²) < 4.78 is 23.1. The second kappa shape index (κ2) is 17.2. The normalized spacial score (nSPS) is 19.3. The van der Waals surface area contributed by atoms with E-state index in [0.29, 0.717) is 62.7 Å². The van der Waals surface area contributed by atoms with Crippen LogP contribution < -0.4 is 21.5 Å². The van der Waals surface area contributed by atoms with Crippen molar-refractivity contribution in [3.63, 3.8) is 0 Å². The highest BCUT2D eigenvalue weighted by molar-refractivity contribution is 7.89. The van der Waals surface area contributed by atoms with Crippen molar-refractivity contribution in [2.75, 3.05) is 13.1 Å². The number of halogens is 1. The number of hydrogen-bond acceptors (Lipinski definition) is 9. The van der Waals surface area contributed by atoms with Crippen molar-refractivity contribution in [3.8, 4) is 0 Å². The number of likely N-dealkylation sites (tertiary alicyclic amines) is 1. The van der Waals surface area contributed by atoms with Crippen molar-refractivity contribution >= 4 is 45.4 Å². The summed E-state index contributed by atoms with van der Waals surface area (Å²) in [6.07, 6.45) is 3.76. The lowest BCUT2D eigenvalue weighted by Crippen LogP contribution is -2.54. The zero-order chi connectivity index (χ0) is 37.3. The molecule has 2 aliphatic rings. The summed E-state index contributed by atoms with van der Waals surface area (Å²) in [7, 11) is -4.06. The molecule has 0 aliphatic carbocycles. The molecule has 274 valence electrons. The summed E-state index contributed by atoms with van der Waals surface area (Å²) >= 11 is 5.83. The van der Waals surface area contributed by atoms with E-state index >= 15 is 0 Å². The van der Waals surface area contributed by atoms with Crippen LogP contribution in [0.25, 0.3) is 0 Å². The summed E-state index contributed by atoms with van der Waals surface area (Å²) in [6, 6.07) is 17.5. The molecule has 2 heterocycles. The number of aryl methyl sites for hydroxylation is 1. The standard InChI is InChI=1S/C21H31N3O5.C14H11ClN2O4S/c22-13-5-4-9-16(19(25)24-14-6-10-18(24)21(28)29)23-17(20(26)27)12-11-15-7-2-1-3-8-15;15-11-6-5-8(7-12(11)22(16,20)21)14(19)10-4-2-1-3-9(10)13(18)17-14/h1-3,7-8,16-18,23H,4-6,9-14,22H2,(H,26,27)(H,28,29);1-7,19H,(H,17,18)(H2,16,20,21)/t16-,17-,18-;/m0./s1. The number of nitrogens with two attached hydrogens (primary N) is 2. The molecule has 3 aromatic carbocycles. The Labute approximate surface area is 300 Å². The van der Waals surface area contributed by atoms with Gasteiger partial charge in [-0.2, -0.15) is 0 Å². The summed E-state index contributed by atoms with van der Waals surface area (Å²) in [4.78, 5) is 49.3. The molecule has 0 saturated carbocycles. The van der Waals surface area contributed by atoms with Crippen LogP contribution in [0.4, 0.5) is 0 Å². The average Bonchev–Trinajstić information content (AvgIpc) is 3.69. The van der Waals surface area contributed by atoms with Crippen LogP contribution in [-0.2, 0) is 36.6 Å². The molecule has 5 rings (SSSR count). The van der Waals surface area contributed by atoms with Crippen LogP contribution in [0, 0.1) is 0 Å². The molecule has 0 bridgehead atoms. The maximum Gasteiger partial charge on any atom is 0.326 e. The smallest absolute Gasteiger partial charge is 0.326 e. The van der Waals surface area contributed by atoms with Gasteiger partial charge in [0, 0.05) is 23.2 Å². The van der Waals surface area contributed by atoms with Gasteiger partial charge >= 0.3 is 11.9 Å². The molecule has 51 heavy (non-hydrogen) atoms. The first kappa shape index (κ1) is 39.4. The predicted molar refractivity (Wildman–Crippen MR) is 188 cm³/mol. The lowest BCUT2D eigenvalue weighted by atomic mass is 9.94. The second-order valence-electron chi connectivity index (χ2n) is 12.3. The maximum absolute atomic E-state index is 13.1. The molecule has 2 amide bonds. The van der Waals surface area contributed by atoms with Crippen LogP contribution >= 0.6 is 11.6 Å². The van der Waals surface area contributed by atoms with E-state index in [9.17, 15) is 42.9 Å². The average molecular weight is 744 g/mol. The quantitative estimate of drug-likeness (QED) is 0.118. The highest BCUT2D eigenvalue weighted by atomic mass is 35.5. The van der Waals surface area contributed by atoms with Gasteiger partial charge in [-0.15, -0.1) is 0 Å². The lowest BCUT2D eigenvalue weighted by molar-refractivity contribution is -0.149. The zero-order valence-electron chi connectivity index (χ0n) is 27.7. The molecule has 16 heteroatoms. The Morgan fingerprint density at radius 3 is 2.33 bits per heavy atom. The van der Waals surface area contributed by atoms with Gasteiger partial charge < -0.3 is 31.3 Å². The van der Waals surface area contributed by atoms with Crippen LogP contribution in [0.2, 0.25) is 5.02 Å². The minimum absolute atomic E-state index is 0.0625. The predicted octanol–water partition coefficient (Wildman–Crippen LogP) is 2.16. The van der Waals surface area contributed by atoms with Crippen molar-refractivity contribution in [1.82, 2.24) is 15.5 Å². The molecule has 3 aromatic rings. The SMILES string of the molecule is NCCCC[C@H](N[C@@H](CCc1ccccc1)C(=O)O)C(=O)N1CCC[C@H]1C(=O)O.NS(=O)(=O)c1cc(C2(O)NC(=O)c3ccccc32)ccc1Cl. The number of carboxylic acid groups (broad SMARTS) is 2. The van der Waals surface area contributed by atoms with Gasteiger partial charge in [0.1, 0.15) is 17.0 Å². The largest absolute Gasteiger partial charge is 0.480 e. The van der Waals surface area contributed by atoms with E-state index < -0.39 is 51.7 Å². The van der Waals surface area contributed by atoms with Crippen molar-refractivity contribution in [1.29, 1.82) is 0 Å². The Bertz CT molecular complexity index is 1850. The number of aliphatic hydroxyl groups is 1. The third kappa shape index (κ3) is 9.70. The number of rotatable bonds is 14. The number of benzene rings is 3. The van der Waals surface area contributed by atoms with Gasteiger partial charge in [0.05, 0.1) is 11.1 Å². The first-order valence-electron chi connectivity index (χ1n) is 16.4. The molecular weight excluding hydrogens is 702 g/mol. The zero-order valence-corrected chi connectivity index (χ0v) is 29.3. The first-order chi connectivity index (χ1) is 24.2. The Morgan fingerprint density at radius 2 is 1.69 bits per heavy atom. The number of unbranched alkanes of at least 4 members (excludes halogenated alkanes) is 1. The van der Waals surface area contributed by atoms with Gasteiger partial charge in [-0.05, 0) is 68.8 Å². The molecule has 1 unspecified atom stereocenters. The van der Waals surface area contributed by atoms with Gasteiger partial charge in [0.25, 0.3) is 5.91 Å². The monoisotopic (exact) mass is 743 g/mol. The molecule has 0 aromatic heterocycles. The van der Waals surface area contributed by atoms with Crippen LogP contribution in [-0.4, -0.2) is 83.6 Å². The number of aliphatic carboxylic acids is 2. The van der Waals surface area contributed by atoms with E-state index in [4.69, 9.17) is 22.5 Å². The molecule has 0 spiro atoms.